The highest BCUT2D eigenvalue weighted by Crippen LogP contribution is 2.33. The minimum Gasteiger partial charge on any atom is -0.488 e. The second kappa shape index (κ2) is 11.0. The van der Waals surface area contributed by atoms with Crippen LogP contribution >= 0.6 is 34.4 Å². The fourth-order valence-electron chi connectivity index (χ4n) is 3.35. The summed E-state index contributed by atoms with van der Waals surface area (Å²) in [5, 5.41) is 2.02. The summed E-state index contributed by atoms with van der Waals surface area (Å²) in [6, 6.07) is 18.8. The van der Waals surface area contributed by atoms with E-state index in [1.807, 2.05) is 43.3 Å². The van der Waals surface area contributed by atoms with E-state index in [-0.39, 0.29) is 4.91 Å². The molecule has 1 aliphatic rings. The fourth-order valence-corrected chi connectivity index (χ4v) is 4.89. The minimum atomic E-state index is -0.551. The molecule has 1 fully saturated rings. The number of hydrogen-bond acceptors (Lipinski definition) is 5. The second-order valence-electron chi connectivity index (χ2n) is 7.79. The van der Waals surface area contributed by atoms with Gasteiger partial charge in [-0.15, -0.1) is 0 Å². The van der Waals surface area contributed by atoms with Crippen molar-refractivity contribution in [2.24, 2.45) is 0 Å². The van der Waals surface area contributed by atoms with Crippen LogP contribution < -0.4 is 10.1 Å². The Morgan fingerprint density at radius 3 is 2.60 bits per heavy atom. The van der Waals surface area contributed by atoms with Crippen LogP contribution in [-0.4, -0.2) is 28.5 Å². The van der Waals surface area contributed by atoms with Crippen LogP contribution in [0.25, 0.3) is 6.08 Å². The number of thioether (sulfide) groups is 1. The van der Waals surface area contributed by atoms with Crippen LogP contribution in [-0.2, 0) is 16.2 Å². The largest absolute Gasteiger partial charge is 0.488 e. The minimum absolute atomic E-state index is 0.230. The average molecular weight is 602 g/mol. The van der Waals surface area contributed by atoms with Gasteiger partial charge in [-0.1, -0.05) is 35.9 Å². The molecule has 1 N–H and O–H groups in total. The van der Waals surface area contributed by atoms with E-state index in [4.69, 9.17) is 4.74 Å². The maximum atomic E-state index is 13.0. The lowest BCUT2D eigenvalue weighted by Gasteiger charge is -2.12. The van der Waals surface area contributed by atoms with Crippen molar-refractivity contribution >= 4 is 63.2 Å². The van der Waals surface area contributed by atoms with Crippen molar-refractivity contribution in [1.82, 2.24) is 4.90 Å². The maximum absolute atomic E-state index is 13.0. The lowest BCUT2D eigenvalue weighted by atomic mass is 10.1. The number of imide groups is 1. The Labute approximate surface area is 219 Å². The molecule has 1 heterocycles. The van der Waals surface area contributed by atoms with Crippen LogP contribution in [0.15, 0.2) is 71.6 Å². The van der Waals surface area contributed by atoms with Crippen molar-refractivity contribution in [3.05, 3.63) is 97.7 Å². The normalized spacial score (nSPS) is 14.5. The Hall–Kier alpha value is -3.18. The Balaban J connectivity index is 1.39. The summed E-state index contributed by atoms with van der Waals surface area (Å²) < 4.78 is 19.8. The topological polar surface area (TPSA) is 75.7 Å². The summed E-state index contributed by atoms with van der Waals surface area (Å²) in [5.74, 6) is -0.803. The predicted molar refractivity (Wildman–Crippen MR) is 142 cm³/mol. The van der Waals surface area contributed by atoms with E-state index in [9.17, 15) is 18.8 Å². The zero-order valence-electron chi connectivity index (χ0n) is 18.6. The highest BCUT2D eigenvalue weighted by molar-refractivity contribution is 14.1. The van der Waals surface area contributed by atoms with Crippen LogP contribution in [0.4, 0.5) is 14.9 Å². The molecule has 0 atom stereocenters. The molecule has 178 valence electrons. The first kappa shape index (κ1) is 24.9. The Bertz CT molecular complexity index is 1330. The van der Waals surface area contributed by atoms with Gasteiger partial charge in [-0.3, -0.25) is 19.3 Å². The molecule has 0 radical (unpaired) electrons. The van der Waals surface area contributed by atoms with Gasteiger partial charge in [0.1, 0.15) is 24.7 Å². The van der Waals surface area contributed by atoms with Crippen molar-refractivity contribution in [2.75, 3.05) is 11.9 Å². The summed E-state index contributed by atoms with van der Waals surface area (Å²) in [6.45, 7) is 2.04. The third kappa shape index (κ3) is 6.49. The first-order valence-electron chi connectivity index (χ1n) is 10.6. The third-order valence-corrected chi connectivity index (χ3v) is 6.78. The molecule has 0 unspecified atom stereocenters. The van der Waals surface area contributed by atoms with Crippen LogP contribution in [0.2, 0.25) is 0 Å². The molecule has 1 aliphatic heterocycles. The summed E-state index contributed by atoms with van der Waals surface area (Å²) in [4.78, 5) is 38.5. The van der Waals surface area contributed by atoms with Gasteiger partial charge < -0.3 is 10.1 Å². The summed E-state index contributed by atoms with van der Waals surface area (Å²) >= 11 is 2.95. The second-order valence-corrected chi connectivity index (χ2v) is 9.95. The number of rotatable bonds is 7. The predicted octanol–water partition coefficient (Wildman–Crippen LogP) is 5.99. The highest BCUT2D eigenvalue weighted by Gasteiger charge is 2.36. The Kier molecular flexibility index (Phi) is 7.86. The van der Waals surface area contributed by atoms with Crippen LogP contribution in [0.3, 0.4) is 0 Å². The van der Waals surface area contributed by atoms with Gasteiger partial charge in [0, 0.05) is 5.69 Å². The van der Waals surface area contributed by atoms with Gasteiger partial charge in [-0.05, 0) is 94.9 Å². The smallest absolute Gasteiger partial charge is 0.294 e. The van der Waals surface area contributed by atoms with Gasteiger partial charge >= 0.3 is 0 Å². The number of carbonyl (C=O) groups is 3. The van der Waals surface area contributed by atoms with Crippen LogP contribution in [0.1, 0.15) is 16.7 Å². The van der Waals surface area contributed by atoms with Gasteiger partial charge in [-0.2, -0.15) is 0 Å². The molecular weight excluding hydrogens is 582 g/mol. The molecule has 3 amide bonds. The van der Waals surface area contributed by atoms with Gasteiger partial charge in [0.2, 0.25) is 5.91 Å². The van der Waals surface area contributed by atoms with Gasteiger partial charge in [0.05, 0.1) is 8.48 Å². The molecule has 4 rings (SSSR count). The number of benzene rings is 3. The Morgan fingerprint density at radius 2 is 1.89 bits per heavy atom. The zero-order chi connectivity index (χ0) is 24.9. The van der Waals surface area contributed by atoms with Crippen molar-refractivity contribution in [3.8, 4) is 5.75 Å². The van der Waals surface area contributed by atoms with Crippen molar-refractivity contribution in [1.29, 1.82) is 0 Å². The van der Waals surface area contributed by atoms with Gasteiger partial charge in [0.15, 0.2) is 0 Å². The molecule has 9 heteroatoms. The number of halogens is 2. The van der Waals surface area contributed by atoms with E-state index in [2.05, 4.69) is 34.0 Å². The van der Waals surface area contributed by atoms with Crippen molar-refractivity contribution in [3.63, 3.8) is 0 Å². The van der Waals surface area contributed by atoms with E-state index >= 15 is 0 Å². The molecule has 6 nitrogen and oxygen atoms in total. The SMILES string of the molecule is Cc1cccc(COc2ccc(/C=C3\SC(=O)N(CC(=O)Nc4ccc(F)cc4)C3=O)cc2I)c1. The number of nitrogens with zero attached hydrogens (tertiary/aromatic N) is 1. The number of amides is 3. The van der Waals surface area contributed by atoms with Crippen molar-refractivity contribution < 1.29 is 23.5 Å². The summed E-state index contributed by atoms with van der Waals surface area (Å²) in [6.07, 6.45) is 1.62. The van der Waals surface area contributed by atoms with E-state index in [0.29, 0.717) is 12.3 Å². The van der Waals surface area contributed by atoms with Crippen LogP contribution in [0.5, 0.6) is 5.75 Å². The summed E-state index contributed by atoms with van der Waals surface area (Å²) in [5.41, 5.74) is 3.34. The number of ether oxygens (including phenoxy) is 1. The van der Waals surface area contributed by atoms with E-state index in [1.165, 1.54) is 24.3 Å². The third-order valence-electron chi connectivity index (χ3n) is 5.03. The Morgan fingerprint density at radius 1 is 1.11 bits per heavy atom. The first-order chi connectivity index (χ1) is 16.8. The fraction of sp³-hybridized carbons (Fsp3) is 0.115. The number of carbonyl (C=O) groups excluding carboxylic acids is 3. The van der Waals surface area contributed by atoms with E-state index in [1.54, 1.807) is 6.08 Å². The number of aryl methyl sites for hydroxylation is 1. The van der Waals surface area contributed by atoms with Crippen molar-refractivity contribution in [2.45, 2.75) is 13.5 Å². The maximum Gasteiger partial charge on any atom is 0.294 e. The van der Waals surface area contributed by atoms with Gasteiger partial charge in [-0.25, -0.2) is 4.39 Å². The number of nitrogens with one attached hydrogen (secondary N) is 1. The van der Waals surface area contributed by atoms with Crippen LogP contribution in [0, 0.1) is 16.3 Å². The lowest BCUT2D eigenvalue weighted by molar-refractivity contribution is -0.127. The van der Waals surface area contributed by atoms with E-state index in [0.717, 1.165) is 42.7 Å². The summed E-state index contributed by atoms with van der Waals surface area (Å²) in [7, 11) is 0. The quantitative estimate of drug-likeness (QED) is 0.266. The standard InChI is InChI=1S/C26H20FIN2O4S/c1-16-3-2-4-18(11-16)15-34-22-10-5-17(12-21(22)28)13-23-25(32)30(26(33)35-23)14-24(31)29-20-8-6-19(27)7-9-20/h2-13H,14-15H2,1H3,(H,29,31)/b23-13-. The molecular formula is C26H20FIN2O4S. The number of anilines is 1. The molecule has 35 heavy (non-hydrogen) atoms. The van der Waals surface area contributed by atoms with E-state index < -0.39 is 29.4 Å². The monoisotopic (exact) mass is 602 g/mol. The molecule has 0 aromatic heterocycles. The molecule has 3 aromatic rings. The molecule has 3 aromatic carbocycles. The zero-order valence-corrected chi connectivity index (χ0v) is 21.6. The first-order valence-corrected chi connectivity index (χ1v) is 12.5. The molecule has 1 saturated heterocycles. The average Bonchev–Trinajstić information content (AvgIpc) is 3.07. The lowest BCUT2D eigenvalue weighted by Crippen LogP contribution is -2.36. The molecule has 0 bridgehead atoms. The molecule has 0 aliphatic carbocycles. The number of hydrogen-bond donors (Lipinski definition) is 1. The highest BCUT2D eigenvalue weighted by atomic mass is 127. The molecule has 0 spiro atoms. The van der Waals surface area contributed by atoms with Gasteiger partial charge in [0.25, 0.3) is 11.1 Å². The molecule has 0 saturated carbocycles.